The van der Waals surface area contributed by atoms with Crippen molar-refractivity contribution in [1.29, 1.82) is 0 Å². The fourth-order valence-electron chi connectivity index (χ4n) is 2.25. The number of quaternary nitrogens is 1. The Morgan fingerprint density at radius 3 is 1.71 bits per heavy atom. The van der Waals surface area contributed by atoms with E-state index in [0.717, 1.165) is 13.1 Å². The Kier molecular flexibility index (Phi) is 2.46. The molecule has 3 nitrogen and oxygen atoms in total. The molecule has 0 fully saturated rings. The lowest BCUT2D eigenvalue weighted by atomic mass is 10.2. The minimum atomic E-state index is 0.488. The third-order valence-electron chi connectivity index (χ3n) is 3.11. The van der Waals surface area contributed by atoms with E-state index in [-0.39, 0.29) is 0 Å². The maximum Gasteiger partial charge on any atom is 0.165 e. The van der Waals surface area contributed by atoms with Crippen molar-refractivity contribution < 1.29 is 0 Å². The maximum atomic E-state index is 4.47. The molecule has 1 aliphatic heterocycles. The number of hydrogen-bond acceptors (Lipinski definition) is 2. The lowest BCUT2D eigenvalue weighted by molar-refractivity contribution is 0.444. The van der Waals surface area contributed by atoms with E-state index in [2.05, 4.69) is 34.6 Å². The second-order valence-corrected chi connectivity index (χ2v) is 4.12. The van der Waals surface area contributed by atoms with E-state index in [0.29, 0.717) is 4.59 Å². The molecule has 0 N–H and O–H groups in total. The first-order valence-electron chi connectivity index (χ1n) is 5.80. The van der Waals surface area contributed by atoms with Gasteiger partial charge in [0.05, 0.1) is 0 Å². The lowest BCUT2D eigenvalue weighted by Gasteiger charge is -2.25. The van der Waals surface area contributed by atoms with Gasteiger partial charge in [-0.2, -0.15) is 0 Å². The molecule has 84 valence electrons. The Hall–Kier alpha value is -2.00. The van der Waals surface area contributed by atoms with Gasteiger partial charge in [0.15, 0.2) is 11.4 Å². The van der Waals surface area contributed by atoms with Crippen LogP contribution in [0.5, 0.6) is 0 Å². The summed E-state index contributed by atoms with van der Waals surface area (Å²) in [6.07, 6.45) is 0. The Morgan fingerprint density at radius 1 is 0.765 bits per heavy atom. The molecule has 3 heteroatoms. The minimum Gasteiger partial charge on any atom is -0.133 e. The van der Waals surface area contributed by atoms with Gasteiger partial charge in [-0.3, -0.25) is 0 Å². The van der Waals surface area contributed by atoms with Crippen LogP contribution in [0, 0.1) is 0 Å². The highest BCUT2D eigenvalue weighted by molar-refractivity contribution is 5.57. The third-order valence-corrected chi connectivity index (χ3v) is 3.11. The van der Waals surface area contributed by atoms with Crippen molar-refractivity contribution in [3.8, 4) is 0 Å². The van der Waals surface area contributed by atoms with Gasteiger partial charge < -0.3 is 0 Å². The molecular weight excluding hydrogens is 210 g/mol. The molecule has 0 bridgehead atoms. The molecule has 1 aliphatic rings. The molecule has 0 unspecified atom stereocenters. The fourth-order valence-corrected chi connectivity index (χ4v) is 2.25. The molecule has 3 rings (SSSR count). The van der Waals surface area contributed by atoms with Crippen LogP contribution in [0.4, 0.5) is 11.4 Å². The van der Waals surface area contributed by atoms with Crippen molar-refractivity contribution in [2.45, 2.75) is 0 Å². The lowest BCUT2D eigenvalue weighted by Crippen LogP contribution is -2.36. The average molecular weight is 224 g/mol. The summed E-state index contributed by atoms with van der Waals surface area (Å²) < 4.78 is 0.488. The zero-order chi connectivity index (χ0) is 11.6. The standard InChI is InChI=1S/C14H14N3/c1-3-7-13(8-4-1)17(12-11-15-16-17)14-9-5-2-6-10-14/h1-10H,11-12H2/q+1. The summed E-state index contributed by atoms with van der Waals surface area (Å²) in [5, 5.41) is 8.66. The molecule has 0 atom stereocenters. The van der Waals surface area contributed by atoms with Gasteiger partial charge in [-0.05, 0) is 0 Å². The van der Waals surface area contributed by atoms with Gasteiger partial charge in [-0.25, -0.2) is 0 Å². The highest BCUT2D eigenvalue weighted by Crippen LogP contribution is 2.37. The number of hydrogen-bond donors (Lipinski definition) is 0. The molecule has 2 aromatic carbocycles. The van der Waals surface area contributed by atoms with Gasteiger partial charge in [-0.1, -0.05) is 36.4 Å². The topological polar surface area (TPSA) is 24.7 Å². The average Bonchev–Trinajstić information content (AvgIpc) is 2.91. The van der Waals surface area contributed by atoms with E-state index in [1.54, 1.807) is 0 Å². The minimum absolute atomic E-state index is 0.488. The molecule has 0 aliphatic carbocycles. The van der Waals surface area contributed by atoms with Crippen molar-refractivity contribution in [1.82, 2.24) is 4.59 Å². The zero-order valence-electron chi connectivity index (χ0n) is 9.53. The SMILES string of the molecule is c1ccc([N+]2(c3ccccc3)CCN=N2)cc1. The molecule has 0 aromatic heterocycles. The van der Waals surface area contributed by atoms with Crippen LogP contribution in [0.3, 0.4) is 0 Å². The zero-order valence-corrected chi connectivity index (χ0v) is 9.53. The van der Waals surface area contributed by atoms with Gasteiger partial charge in [-0.15, -0.1) is 9.71 Å². The number of nitrogens with zero attached hydrogens (tertiary/aromatic N) is 3. The van der Waals surface area contributed by atoms with Gasteiger partial charge in [0, 0.05) is 29.5 Å². The van der Waals surface area contributed by atoms with E-state index < -0.39 is 0 Å². The quantitative estimate of drug-likeness (QED) is 0.695. The van der Waals surface area contributed by atoms with Gasteiger partial charge in [0.1, 0.15) is 13.1 Å². The molecule has 0 saturated carbocycles. The molecule has 1 heterocycles. The van der Waals surface area contributed by atoms with Gasteiger partial charge in [0.25, 0.3) is 0 Å². The van der Waals surface area contributed by atoms with Crippen LogP contribution < -0.4 is 4.59 Å². The van der Waals surface area contributed by atoms with Crippen molar-refractivity contribution in [3.05, 3.63) is 60.7 Å². The molecule has 0 saturated heterocycles. The predicted molar refractivity (Wildman–Crippen MR) is 68.9 cm³/mol. The van der Waals surface area contributed by atoms with Crippen LogP contribution in [-0.4, -0.2) is 13.1 Å². The molecule has 0 spiro atoms. The van der Waals surface area contributed by atoms with Crippen molar-refractivity contribution >= 4 is 11.4 Å². The molecule has 2 aromatic rings. The Bertz CT molecular complexity index is 480. The number of rotatable bonds is 2. The highest BCUT2D eigenvalue weighted by atomic mass is 15.7. The second kappa shape index (κ2) is 4.11. The summed E-state index contributed by atoms with van der Waals surface area (Å²) in [7, 11) is 0. The van der Waals surface area contributed by atoms with E-state index in [1.807, 2.05) is 36.4 Å². The van der Waals surface area contributed by atoms with Crippen LogP contribution in [-0.2, 0) is 0 Å². The van der Waals surface area contributed by atoms with Crippen LogP contribution in [0.15, 0.2) is 71.0 Å². The van der Waals surface area contributed by atoms with Gasteiger partial charge in [0.2, 0.25) is 0 Å². The number of benzene rings is 2. The van der Waals surface area contributed by atoms with E-state index in [4.69, 9.17) is 0 Å². The summed E-state index contributed by atoms with van der Waals surface area (Å²) in [6.45, 7) is 1.68. The first kappa shape index (κ1) is 10.2. The Morgan fingerprint density at radius 2 is 1.29 bits per heavy atom. The first-order chi connectivity index (χ1) is 8.42. The van der Waals surface area contributed by atoms with Crippen LogP contribution in [0.2, 0.25) is 0 Å². The monoisotopic (exact) mass is 224 g/mol. The summed E-state index contributed by atoms with van der Waals surface area (Å²) in [5.41, 5.74) is 2.33. The number of para-hydroxylation sites is 2. The summed E-state index contributed by atoms with van der Waals surface area (Å²) in [5.74, 6) is 0. The summed E-state index contributed by atoms with van der Waals surface area (Å²) in [6, 6.07) is 20.7. The van der Waals surface area contributed by atoms with E-state index >= 15 is 0 Å². The summed E-state index contributed by atoms with van der Waals surface area (Å²) >= 11 is 0. The molecule has 0 radical (unpaired) electrons. The van der Waals surface area contributed by atoms with Crippen LogP contribution in [0.25, 0.3) is 0 Å². The molecular formula is C14H14N3+. The Balaban J connectivity index is 2.15. The van der Waals surface area contributed by atoms with Crippen molar-refractivity contribution in [2.75, 3.05) is 13.1 Å². The van der Waals surface area contributed by atoms with Crippen molar-refractivity contribution in [3.63, 3.8) is 0 Å². The predicted octanol–water partition coefficient (Wildman–Crippen LogP) is 3.71. The largest absolute Gasteiger partial charge is 0.165 e. The van der Waals surface area contributed by atoms with Crippen molar-refractivity contribution in [2.24, 2.45) is 10.3 Å². The fraction of sp³-hybridized carbons (Fsp3) is 0.143. The van der Waals surface area contributed by atoms with Crippen LogP contribution in [0.1, 0.15) is 0 Å². The second-order valence-electron chi connectivity index (χ2n) is 4.12. The first-order valence-corrected chi connectivity index (χ1v) is 5.80. The van der Waals surface area contributed by atoms with E-state index in [1.165, 1.54) is 11.4 Å². The summed E-state index contributed by atoms with van der Waals surface area (Å²) in [4.78, 5) is 0. The Labute approximate surface area is 101 Å². The molecule has 0 amide bonds. The van der Waals surface area contributed by atoms with Crippen LogP contribution >= 0.6 is 0 Å². The van der Waals surface area contributed by atoms with E-state index in [9.17, 15) is 0 Å². The van der Waals surface area contributed by atoms with Gasteiger partial charge >= 0.3 is 0 Å². The smallest absolute Gasteiger partial charge is 0.133 e. The molecule has 17 heavy (non-hydrogen) atoms. The maximum absolute atomic E-state index is 4.47. The highest BCUT2D eigenvalue weighted by Gasteiger charge is 2.37. The normalized spacial score (nSPS) is 17.2. The third kappa shape index (κ3) is 1.65.